The van der Waals surface area contributed by atoms with Gasteiger partial charge in [-0.05, 0) is 55.5 Å². The van der Waals surface area contributed by atoms with Crippen LogP contribution in [0.2, 0.25) is 5.02 Å². The number of halogens is 1. The summed E-state index contributed by atoms with van der Waals surface area (Å²) in [6.07, 6.45) is 1.69. The number of benzene rings is 2. The number of hydrazine groups is 1. The second-order valence-corrected chi connectivity index (χ2v) is 7.66. The zero-order valence-corrected chi connectivity index (χ0v) is 17.1. The Morgan fingerprint density at radius 1 is 1.13 bits per heavy atom. The summed E-state index contributed by atoms with van der Waals surface area (Å²) in [4.78, 5) is 11.8. The molecule has 2 aliphatic rings. The third-order valence-electron chi connectivity index (χ3n) is 5.28. The van der Waals surface area contributed by atoms with E-state index in [0.717, 1.165) is 34.1 Å². The van der Waals surface area contributed by atoms with E-state index in [1.165, 1.54) is 7.11 Å². The Morgan fingerprint density at radius 2 is 1.93 bits per heavy atom. The lowest BCUT2D eigenvalue weighted by Gasteiger charge is -2.39. The van der Waals surface area contributed by atoms with Crippen LogP contribution in [0.25, 0.3) is 5.70 Å². The molecule has 0 saturated carbocycles. The average molecular weight is 423 g/mol. The van der Waals surface area contributed by atoms with Crippen molar-refractivity contribution in [1.29, 1.82) is 0 Å². The van der Waals surface area contributed by atoms with E-state index < -0.39 is 6.23 Å². The molecule has 0 bridgehead atoms. The maximum atomic E-state index is 11.8. The molecule has 3 aromatic rings. The summed E-state index contributed by atoms with van der Waals surface area (Å²) >= 11 is 6.26. The summed E-state index contributed by atoms with van der Waals surface area (Å²) in [7, 11) is 1.37. The molecule has 2 unspecified atom stereocenters. The first-order chi connectivity index (χ1) is 14.5. The zero-order chi connectivity index (χ0) is 20.8. The maximum Gasteiger partial charge on any atom is 0.337 e. The number of rotatable bonds is 3. The SMILES string of the molecule is COC(=O)c1ccc(C2Oc3ccc(Cl)cc3C3C=C(c4ccc(C)o4)NN32)cc1. The van der Waals surface area contributed by atoms with Crippen LogP contribution < -0.4 is 10.2 Å². The quantitative estimate of drug-likeness (QED) is 0.598. The molecule has 152 valence electrons. The molecule has 3 heterocycles. The number of carbonyl (C=O) groups excluding carboxylic acids is 1. The topological polar surface area (TPSA) is 63.9 Å². The molecule has 2 aliphatic heterocycles. The molecular formula is C23H19ClN2O4. The van der Waals surface area contributed by atoms with Crippen molar-refractivity contribution in [3.05, 3.63) is 93.9 Å². The molecule has 0 amide bonds. The van der Waals surface area contributed by atoms with Crippen molar-refractivity contribution in [3.63, 3.8) is 0 Å². The number of hydrogen-bond acceptors (Lipinski definition) is 6. The number of hydrogen-bond donors (Lipinski definition) is 1. The van der Waals surface area contributed by atoms with E-state index in [0.29, 0.717) is 10.6 Å². The Morgan fingerprint density at radius 3 is 2.63 bits per heavy atom. The van der Waals surface area contributed by atoms with Crippen molar-refractivity contribution in [1.82, 2.24) is 10.4 Å². The van der Waals surface area contributed by atoms with Gasteiger partial charge in [0.1, 0.15) is 11.5 Å². The monoisotopic (exact) mass is 422 g/mol. The molecule has 2 aromatic carbocycles. The van der Waals surface area contributed by atoms with E-state index in [1.54, 1.807) is 12.1 Å². The molecule has 1 N–H and O–H groups in total. The number of methoxy groups -OCH3 is 1. The summed E-state index contributed by atoms with van der Waals surface area (Å²) in [6, 6.07) is 16.6. The standard InChI is InChI=1S/C23H19ClN2O4/c1-13-3-9-21(29-13)18-12-19-17-11-16(24)8-10-20(17)30-22(26(19)25-18)14-4-6-15(7-5-14)23(27)28-2/h3-12,19,22,25H,1-2H3. The third kappa shape index (κ3) is 3.14. The number of aryl methyl sites for hydroxylation is 1. The number of nitrogens with zero attached hydrogens (tertiary/aromatic N) is 1. The maximum absolute atomic E-state index is 11.8. The van der Waals surface area contributed by atoms with Gasteiger partial charge in [0.05, 0.1) is 24.4 Å². The largest absolute Gasteiger partial charge is 0.469 e. The van der Waals surface area contributed by atoms with Gasteiger partial charge < -0.3 is 19.3 Å². The lowest BCUT2D eigenvalue weighted by Crippen LogP contribution is -2.43. The first-order valence-corrected chi connectivity index (χ1v) is 9.89. The van der Waals surface area contributed by atoms with E-state index in [4.69, 9.17) is 25.5 Å². The Hall–Kier alpha value is -3.22. The number of nitrogens with one attached hydrogen (secondary N) is 1. The highest BCUT2D eigenvalue weighted by Gasteiger charge is 2.40. The minimum absolute atomic E-state index is 0.0989. The van der Waals surface area contributed by atoms with Crippen LogP contribution in [0.1, 0.15) is 45.3 Å². The van der Waals surface area contributed by atoms with Crippen molar-refractivity contribution in [3.8, 4) is 5.75 Å². The van der Waals surface area contributed by atoms with Crippen molar-refractivity contribution < 1.29 is 18.7 Å². The van der Waals surface area contributed by atoms with Gasteiger partial charge in [0.25, 0.3) is 0 Å². The van der Waals surface area contributed by atoms with E-state index >= 15 is 0 Å². The highest BCUT2D eigenvalue weighted by Crippen LogP contribution is 2.46. The molecular weight excluding hydrogens is 404 g/mol. The molecule has 6 nitrogen and oxygen atoms in total. The summed E-state index contributed by atoms with van der Waals surface area (Å²) in [6.45, 7) is 1.91. The van der Waals surface area contributed by atoms with Gasteiger partial charge in [-0.1, -0.05) is 23.7 Å². The Bertz CT molecular complexity index is 1150. The molecule has 0 spiro atoms. The highest BCUT2D eigenvalue weighted by molar-refractivity contribution is 6.30. The van der Waals surface area contributed by atoms with Crippen LogP contribution in [0.5, 0.6) is 5.75 Å². The molecule has 0 radical (unpaired) electrons. The van der Waals surface area contributed by atoms with Crippen LogP contribution in [0, 0.1) is 6.92 Å². The minimum atomic E-state index is -0.416. The van der Waals surface area contributed by atoms with Crippen molar-refractivity contribution in [2.75, 3.05) is 7.11 Å². The smallest absolute Gasteiger partial charge is 0.337 e. The number of esters is 1. The Kier molecular flexibility index (Phi) is 4.53. The van der Waals surface area contributed by atoms with Gasteiger partial charge in [-0.15, -0.1) is 0 Å². The molecule has 0 fully saturated rings. The van der Waals surface area contributed by atoms with Crippen LogP contribution in [-0.4, -0.2) is 18.1 Å². The number of ether oxygens (including phenoxy) is 2. The molecule has 7 heteroatoms. The molecule has 0 saturated heterocycles. The predicted molar refractivity (Wildman–Crippen MR) is 112 cm³/mol. The van der Waals surface area contributed by atoms with Gasteiger partial charge in [0.15, 0.2) is 12.0 Å². The van der Waals surface area contributed by atoms with Gasteiger partial charge in [-0.3, -0.25) is 0 Å². The number of furan rings is 1. The molecule has 1 aromatic heterocycles. The number of fused-ring (bicyclic) bond motifs is 3. The van der Waals surface area contributed by atoms with Gasteiger partial charge in [-0.2, -0.15) is 5.01 Å². The van der Waals surface area contributed by atoms with Gasteiger partial charge in [0, 0.05) is 16.1 Å². The normalized spacial score (nSPS) is 19.9. The fraction of sp³-hybridized carbons (Fsp3) is 0.174. The van der Waals surface area contributed by atoms with Crippen molar-refractivity contribution in [2.24, 2.45) is 0 Å². The average Bonchev–Trinajstić information content (AvgIpc) is 3.39. The second kappa shape index (κ2) is 7.23. The van der Waals surface area contributed by atoms with Crippen molar-refractivity contribution >= 4 is 23.3 Å². The number of carbonyl (C=O) groups is 1. The molecule has 2 atom stereocenters. The first kappa shape index (κ1) is 18.8. The third-order valence-corrected chi connectivity index (χ3v) is 5.51. The van der Waals surface area contributed by atoms with Gasteiger partial charge in [0.2, 0.25) is 0 Å². The first-order valence-electron chi connectivity index (χ1n) is 9.51. The summed E-state index contributed by atoms with van der Waals surface area (Å²) in [5.41, 5.74) is 6.63. The van der Waals surface area contributed by atoms with Crippen LogP contribution in [0.15, 0.2) is 65.1 Å². The molecule has 0 aliphatic carbocycles. The van der Waals surface area contributed by atoms with Crippen LogP contribution >= 0.6 is 11.6 Å². The summed E-state index contributed by atoms with van der Waals surface area (Å²) < 4.78 is 16.9. The second-order valence-electron chi connectivity index (χ2n) is 7.22. The van der Waals surface area contributed by atoms with Crippen LogP contribution in [0.4, 0.5) is 0 Å². The molecule has 30 heavy (non-hydrogen) atoms. The van der Waals surface area contributed by atoms with Crippen LogP contribution in [-0.2, 0) is 4.74 Å². The van der Waals surface area contributed by atoms with E-state index in [-0.39, 0.29) is 12.0 Å². The highest BCUT2D eigenvalue weighted by atomic mass is 35.5. The fourth-order valence-corrected chi connectivity index (χ4v) is 3.99. The van der Waals surface area contributed by atoms with Crippen molar-refractivity contribution in [2.45, 2.75) is 19.2 Å². The zero-order valence-electron chi connectivity index (χ0n) is 16.4. The predicted octanol–water partition coefficient (Wildman–Crippen LogP) is 5.02. The lowest BCUT2D eigenvalue weighted by molar-refractivity contribution is -0.0328. The van der Waals surface area contributed by atoms with Gasteiger partial charge >= 0.3 is 5.97 Å². The van der Waals surface area contributed by atoms with E-state index in [2.05, 4.69) is 11.5 Å². The summed E-state index contributed by atoms with van der Waals surface area (Å²) in [5.74, 6) is 1.98. The van der Waals surface area contributed by atoms with E-state index in [9.17, 15) is 4.79 Å². The Balaban J connectivity index is 1.54. The van der Waals surface area contributed by atoms with E-state index in [1.807, 2.05) is 54.4 Å². The minimum Gasteiger partial charge on any atom is -0.469 e. The lowest BCUT2D eigenvalue weighted by atomic mass is 10.0. The molecule has 5 rings (SSSR count). The van der Waals surface area contributed by atoms with Crippen LogP contribution in [0.3, 0.4) is 0 Å². The Labute approximate surface area is 178 Å². The summed E-state index contributed by atoms with van der Waals surface area (Å²) in [5, 5.41) is 2.66. The fourth-order valence-electron chi connectivity index (χ4n) is 3.81. The van der Waals surface area contributed by atoms with Gasteiger partial charge in [-0.25, -0.2) is 4.79 Å².